The molecule has 7 heavy (non-hydrogen) atoms. The van der Waals surface area contributed by atoms with Crippen LogP contribution in [0.5, 0.6) is 0 Å². The third-order valence-electron chi connectivity index (χ3n) is 0.949. The fraction of sp³-hybridized carbons (Fsp3) is 1.00. The van der Waals surface area contributed by atoms with Gasteiger partial charge in [0.15, 0.2) is 6.29 Å². The lowest BCUT2D eigenvalue weighted by Crippen LogP contribution is -2.30. The predicted octanol–water partition coefficient (Wildman–Crippen LogP) is -0.380. The minimum Gasteiger partial charge on any atom is -0.366 e. The van der Waals surface area contributed by atoms with E-state index in [2.05, 4.69) is 10.3 Å². The van der Waals surface area contributed by atoms with E-state index in [9.17, 15) is 0 Å². The van der Waals surface area contributed by atoms with Gasteiger partial charge in [-0.25, -0.2) is 0 Å². The van der Waals surface area contributed by atoms with Crippen LogP contribution in [0.3, 0.4) is 0 Å². The highest BCUT2D eigenvalue weighted by Gasteiger charge is 2.07. The summed E-state index contributed by atoms with van der Waals surface area (Å²) in [4.78, 5) is 4.58. The van der Waals surface area contributed by atoms with Crippen molar-refractivity contribution in [3.8, 4) is 0 Å². The van der Waals surface area contributed by atoms with E-state index < -0.39 is 6.29 Å². The van der Waals surface area contributed by atoms with Crippen LogP contribution in [-0.4, -0.2) is 17.9 Å². The maximum atomic E-state index is 8.62. The minimum atomic E-state index is -0.575. The van der Waals surface area contributed by atoms with Crippen molar-refractivity contribution in [2.45, 2.75) is 19.1 Å². The molecule has 1 saturated heterocycles. The van der Waals surface area contributed by atoms with Crippen molar-refractivity contribution in [3.05, 3.63) is 0 Å². The zero-order valence-corrected chi connectivity index (χ0v) is 4.05. The van der Waals surface area contributed by atoms with Crippen LogP contribution in [0.15, 0.2) is 0 Å². The summed E-state index contributed by atoms with van der Waals surface area (Å²) in [6.45, 7) is 0.858. The summed E-state index contributed by atoms with van der Waals surface area (Å²) in [5.74, 6) is 0. The van der Waals surface area contributed by atoms with Crippen molar-refractivity contribution in [1.29, 1.82) is 0 Å². The molecule has 1 aliphatic rings. The van der Waals surface area contributed by atoms with Crippen LogP contribution in [0.25, 0.3) is 0 Å². The summed E-state index contributed by atoms with van der Waals surface area (Å²) in [6.07, 6.45) is 1.18. The van der Waals surface area contributed by atoms with Crippen molar-refractivity contribution >= 4 is 0 Å². The Morgan fingerprint density at radius 1 is 1.71 bits per heavy atom. The maximum absolute atomic E-state index is 8.62. The van der Waals surface area contributed by atoms with E-state index in [0.717, 1.165) is 19.4 Å². The molecule has 1 aliphatic heterocycles. The molecule has 1 fully saturated rings. The van der Waals surface area contributed by atoms with Crippen molar-refractivity contribution in [1.82, 2.24) is 5.48 Å². The largest absolute Gasteiger partial charge is 0.366 e. The lowest BCUT2D eigenvalue weighted by Gasteiger charge is -2.16. The van der Waals surface area contributed by atoms with Crippen LogP contribution in [0.1, 0.15) is 12.8 Å². The molecule has 0 aromatic heterocycles. The van der Waals surface area contributed by atoms with Gasteiger partial charge in [0, 0.05) is 13.0 Å². The summed E-state index contributed by atoms with van der Waals surface area (Å²) in [6, 6.07) is 0. The third kappa shape index (κ3) is 1.43. The molecule has 42 valence electrons. The van der Waals surface area contributed by atoms with Gasteiger partial charge in [0.25, 0.3) is 0 Å². The Hall–Kier alpha value is -0.120. The third-order valence-corrected chi connectivity index (χ3v) is 0.949. The Bertz CT molecular complexity index is 51.7. The molecule has 0 aliphatic carbocycles. The fourth-order valence-corrected chi connectivity index (χ4v) is 0.563. The molecule has 3 nitrogen and oxygen atoms in total. The van der Waals surface area contributed by atoms with Gasteiger partial charge in [-0.1, -0.05) is 0 Å². The molecular weight excluding hydrogens is 94.0 g/mol. The van der Waals surface area contributed by atoms with Gasteiger partial charge >= 0.3 is 0 Å². The molecule has 0 aromatic rings. The Balaban J connectivity index is 2.12. The van der Waals surface area contributed by atoms with Crippen LogP contribution in [0.4, 0.5) is 0 Å². The number of aliphatic hydroxyl groups excluding tert-OH is 1. The normalized spacial score (nSPS) is 33.0. The molecule has 1 heterocycles. The Morgan fingerprint density at radius 2 is 2.57 bits per heavy atom. The van der Waals surface area contributed by atoms with Crippen molar-refractivity contribution in [2.75, 3.05) is 6.54 Å². The van der Waals surface area contributed by atoms with E-state index >= 15 is 0 Å². The van der Waals surface area contributed by atoms with Crippen molar-refractivity contribution in [2.24, 2.45) is 0 Å². The van der Waals surface area contributed by atoms with Crippen LogP contribution in [-0.2, 0) is 4.84 Å². The maximum Gasteiger partial charge on any atom is 0.174 e. The molecule has 0 bridgehead atoms. The molecule has 0 radical (unpaired) electrons. The summed E-state index contributed by atoms with van der Waals surface area (Å²) >= 11 is 0. The molecule has 0 amide bonds. The van der Waals surface area contributed by atoms with Gasteiger partial charge in [-0.2, -0.15) is 5.48 Å². The van der Waals surface area contributed by atoms with Crippen LogP contribution >= 0.6 is 0 Å². The first kappa shape index (κ1) is 5.03. The molecule has 0 spiro atoms. The molecule has 0 saturated carbocycles. The highest BCUT2D eigenvalue weighted by atomic mass is 16.7. The SMILES string of the molecule is OC1CCCNO1. The number of hydroxylamine groups is 1. The molecule has 1 unspecified atom stereocenters. The highest BCUT2D eigenvalue weighted by molar-refractivity contribution is 4.48. The number of rotatable bonds is 0. The number of nitrogens with one attached hydrogen (secondary N) is 1. The first-order valence-electron chi connectivity index (χ1n) is 2.46. The van der Waals surface area contributed by atoms with Crippen LogP contribution in [0, 0.1) is 0 Å². The molecule has 3 heteroatoms. The number of hydrogen-bond donors (Lipinski definition) is 2. The zero-order chi connectivity index (χ0) is 5.11. The smallest absolute Gasteiger partial charge is 0.174 e. The lowest BCUT2D eigenvalue weighted by atomic mass is 10.3. The first-order valence-corrected chi connectivity index (χ1v) is 2.46. The average molecular weight is 103 g/mol. The Morgan fingerprint density at radius 3 is 2.86 bits per heavy atom. The van der Waals surface area contributed by atoms with Crippen LogP contribution in [0.2, 0.25) is 0 Å². The van der Waals surface area contributed by atoms with E-state index in [-0.39, 0.29) is 0 Å². The molecule has 2 N–H and O–H groups in total. The van der Waals surface area contributed by atoms with Gasteiger partial charge < -0.3 is 5.11 Å². The van der Waals surface area contributed by atoms with Gasteiger partial charge in [-0.3, -0.25) is 4.84 Å². The molecule has 1 atom stereocenters. The highest BCUT2D eigenvalue weighted by Crippen LogP contribution is 2.00. The quantitative estimate of drug-likeness (QED) is 0.439. The van der Waals surface area contributed by atoms with E-state index in [1.54, 1.807) is 0 Å². The van der Waals surface area contributed by atoms with Gasteiger partial charge in [-0.05, 0) is 6.42 Å². The molecule has 1 rings (SSSR count). The molecule has 0 aromatic carbocycles. The minimum absolute atomic E-state index is 0.575. The van der Waals surface area contributed by atoms with Crippen LogP contribution < -0.4 is 5.48 Å². The Labute approximate surface area is 42.2 Å². The lowest BCUT2D eigenvalue weighted by molar-refractivity contribution is -0.168. The van der Waals surface area contributed by atoms with Gasteiger partial charge in [0.05, 0.1) is 0 Å². The summed E-state index contributed by atoms with van der Waals surface area (Å²) in [5, 5.41) is 8.62. The van der Waals surface area contributed by atoms with E-state index in [0.29, 0.717) is 0 Å². The topological polar surface area (TPSA) is 41.5 Å². The predicted molar refractivity (Wildman–Crippen MR) is 24.3 cm³/mol. The average Bonchev–Trinajstić information content (AvgIpc) is 1.69. The van der Waals surface area contributed by atoms with Gasteiger partial charge in [-0.15, -0.1) is 0 Å². The van der Waals surface area contributed by atoms with Crippen molar-refractivity contribution < 1.29 is 9.94 Å². The first-order chi connectivity index (χ1) is 3.39. The standard InChI is InChI=1S/C4H9NO2/c6-4-2-1-3-5-7-4/h4-6H,1-3H2. The molecular formula is C4H9NO2. The second-order valence-electron chi connectivity index (χ2n) is 1.61. The fourth-order valence-electron chi connectivity index (χ4n) is 0.563. The van der Waals surface area contributed by atoms with Gasteiger partial charge in [0.2, 0.25) is 0 Å². The summed E-state index contributed by atoms with van der Waals surface area (Å²) < 4.78 is 0. The van der Waals surface area contributed by atoms with Gasteiger partial charge in [0.1, 0.15) is 0 Å². The second kappa shape index (κ2) is 2.26. The van der Waals surface area contributed by atoms with E-state index in [4.69, 9.17) is 5.11 Å². The number of hydrogen-bond acceptors (Lipinski definition) is 3. The number of aliphatic hydroxyl groups is 1. The Kier molecular flexibility index (Phi) is 1.62. The zero-order valence-electron chi connectivity index (χ0n) is 4.05. The van der Waals surface area contributed by atoms with E-state index in [1.807, 2.05) is 0 Å². The summed E-state index contributed by atoms with van der Waals surface area (Å²) in [7, 11) is 0. The second-order valence-corrected chi connectivity index (χ2v) is 1.61. The van der Waals surface area contributed by atoms with Crippen molar-refractivity contribution in [3.63, 3.8) is 0 Å². The monoisotopic (exact) mass is 103 g/mol. The summed E-state index contributed by atoms with van der Waals surface area (Å²) in [5.41, 5.74) is 2.58. The van der Waals surface area contributed by atoms with E-state index in [1.165, 1.54) is 0 Å².